The zero-order valence-electron chi connectivity index (χ0n) is 13.6. The third-order valence-electron chi connectivity index (χ3n) is 3.85. The Hall–Kier alpha value is -3.09. The van der Waals surface area contributed by atoms with Crippen molar-refractivity contribution in [3.8, 4) is 11.5 Å². The van der Waals surface area contributed by atoms with Gasteiger partial charge in [-0.15, -0.1) is 0 Å². The maximum absolute atomic E-state index is 12.0. The summed E-state index contributed by atoms with van der Waals surface area (Å²) in [5.74, 6) is 1.29. The molecule has 0 saturated heterocycles. The van der Waals surface area contributed by atoms with Crippen molar-refractivity contribution in [2.24, 2.45) is 0 Å². The molecular weight excluding hydrogens is 324 g/mol. The van der Waals surface area contributed by atoms with Crippen LogP contribution in [0.2, 0.25) is 0 Å². The molecule has 0 aromatic heterocycles. The second kappa shape index (κ2) is 7.65. The van der Waals surface area contributed by atoms with Crippen molar-refractivity contribution in [2.75, 3.05) is 19.8 Å². The SMILES string of the molecule is O=C(Cc1ccc2c(c1)OCCO2)NCCc1ccc([N+](=O)[O-])cc1. The summed E-state index contributed by atoms with van der Waals surface area (Å²) in [7, 11) is 0. The lowest BCUT2D eigenvalue weighted by atomic mass is 10.1. The molecular formula is C18H18N2O5. The highest BCUT2D eigenvalue weighted by Crippen LogP contribution is 2.30. The van der Waals surface area contributed by atoms with E-state index in [1.54, 1.807) is 12.1 Å². The molecule has 7 nitrogen and oxygen atoms in total. The number of hydrogen-bond donors (Lipinski definition) is 1. The van der Waals surface area contributed by atoms with Crippen LogP contribution in [0.1, 0.15) is 11.1 Å². The van der Waals surface area contributed by atoms with E-state index in [0.717, 1.165) is 11.1 Å². The van der Waals surface area contributed by atoms with Crippen LogP contribution in [-0.2, 0) is 17.6 Å². The lowest BCUT2D eigenvalue weighted by Crippen LogP contribution is -2.27. The van der Waals surface area contributed by atoms with E-state index >= 15 is 0 Å². The van der Waals surface area contributed by atoms with Gasteiger partial charge in [-0.3, -0.25) is 14.9 Å². The van der Waals surface area contributed by atoms with Crippen LogP contribution < -0.4 is 14.8 Å². The Balaban J connectivity index is 1.47. The van der Waals surface area contributed by atoms with Crippen molar-refractivity contribution < 1.29 is 19.2 Å². The summed E-state index contributed by atoms with van der Waals surface area (Å²) < 4.78 is 11.0. The number of benzene rings is 2. The number of rotatable bonds is 6. The normalized spacial score (nSPS) is 12.5. The minimum atomic E-state index is -0.432. The van der Waals surface area contributed by atoms with Gasteiger partial charge in [0.25, 0.3) is 5.69 Å². The molecule has 0 unspecified atom stereocenters. The summed E-state index contributed by atoms with van der Waals surface area (Å²) in [6, 6.07) is 11.8. The van der Waals surface area contributed by atoms with E-state index in [2.05, 4.69) is 5.32 Å². The first-order valence-electron chi connectivity index (χ1n) is 8.00. The lowest BCUT2D eigenvalue weighted by Gasteiger charge is -2.18. The van der Waals surface area contributed by atoms with Crippen molar-refractivity contribution in [3.63, 3.8) is 0 Å². The van der Waals surface area contributed by atoms with Gasteiger partial charge in [-0.2, -0.15) is 0 Å². The van der Waals surface area contributed by atoms with E-state index in [9.17, 15) is 14.9 Å². The molecule has 0 bridgehead atoms. The topological polar surface area (TPSA) is 90.7 Å². The molecule has 2 aromatic carbocycles. The zero-order valence-corrected chi connectivity index (χ0v) is 13.6. The largest absolute Gasteiger partial charge is 0.486 e. The van der Waals surface area contributed by atoms with Gasteiger partial charge in [-0.25, -0.2) is 0 Å². The maximum atomic E-state index is 12.0. The highest BCUT2D eigenvalue weighted by atomic mass is 16.6. The molecule has 0 spiro atoms. The number of fused-ring (bicyclic) bond motifs is 1. The average Bonchev–Trinajstić information content (AvgIpc) is 2.62. The summed E-state index contributed by atoms with van der Waals surface area (Å²) >= 11 is 0. The number of hydrogen-bond acceptors (Lipinski definition) is 5. The van der Waals surface area contributed by atoms with Crippen molar-refractivity contribution in [3.05, 3.63) is 63.7 Å². The van der Waals surface area contributed by atoms with Gasteiger partial charge in [-0.05, 0) is 29.7 Å². The highest BCUT2D eigenvalue weighted by molar-refractivity contribution is 5.78. The second-order valence-electron chi connectivity index (χ2n) is 5.68. The van der Waals surface area contributed by atoms with Crippen molar-refractivity contribution in [2.45, 2.75) is 12.8 Å². The molecule has 1 N–H and O–H groups in total. The fourth-order valence-electron chi connectivity index (χ4n) is 2.58. The number of nitrogens with one attached hydrogen (secondary N) is 1. The molecule has 0 fully saturated rings. The lowest BCUT2D eigenvalue weighted by molar-refractivity contribution is -0.384. The van der Waals surface area contributed by atoms with Gasteiger partial charge in [0.2, 0.25) is 5.91 Å². The molecule has 7 heteroatoms. The number of nitro groups is 1. The Labute approximate surface area is 144 Å². The number of amides is 1. The number of carbonyl (C=O) groups is 1. The van der Waals surface area contributed by atoms with E-state index in [1.165, 1.54) is 12.1 Å². The molecule has 1 aliphatic heterocycles. The fourth-order valence-corrected chi connectivity index (χ4v) is 2.58. The summed E-state index contributed by atoms with van der Waals surface area (Å²) in [4.78, 5) is 22.2. The Bertz CT molecular complexity index is 774. The number of carbonyl (C=O) groups excluding carboxylic acids is 1. The van der Waals surface area contributed by atoms with Gasteiger partial charge < -0.3 is 14.8 Å². The number of non-ortho nitro benzene ring substituents is 1. The van der Waals surface area contributed by atoms with E-state index in [-0.39, 0.29) is 18.0 Å². The minimum Gasteiger partial charge on any atom is -0.486 e. The highest BCUT2D eigenvalue weighted by Gasteiger charge is 2.13. The molecule has 130 valence electrons. The van der Waals surface area contributed by atoms with Crippen molar-refractivity contribution in [1.29, 1.82) is 0 Å². The van der Waals surface area contributed by atoms with Gasteiger partial charge >= 0.3 is 0 Å². The number of ether oxygens (including phenoxy) is 2. The van der Waals surface area contributed by atoms with Crippen LogP contribution in [-0.4, -0.2) is 30.6 Å². The van der Waals surface area contributed by atoms with Crippen molar-refractivity contribution >= 4 is 11.6 Å². The Morgan fingerprint density at radius 1 is 1.04 bits per heavy atom. The minimum absolute atomic E-state index is 0.0615. The van der Waals surface area contributed by atoms with E-state index in [0.29, 0.717) is 37.7 Å². The molecule has 0 saturated carbocycles. The zero-order chi connectivity index (χ0) is 17.6. The second-order valence-corrected chi connectivity index (χ2v) is 5.68. The molecule has 0 atom stereocenters. The third-order valence-corrected chi connectivity index (χ3v) is 3.85. The molecule has 2 aromatic rings. The predicted octanol–water partition coefficient (Wildman–Crippen LogP) is 2.27. The average molecular weight is 342 g/mol. The molecule has 0 aliphatic carbocycles. The molecule has 0 radical (unpaired) electrons. The molecule has 25 heavy (non-hydrogen) atoms. The van der Waals surface area contributed by atoms with Crippen LogP contribution in [0.5, 0.6) is 11.5 Å². The van der Waals surface area contributed by atoms with Crippen molar-refractivity contribution in [1.82, 2.24) is 5.32 Å². The van der Waals surface area contributed by atoms with E-state index < -0.39 is 4.92 Å². The van der Waals surface area contributed by atoms with Gasteiger partial charge in [0.05, 0.1) is 11.3 Å². The number of nitrogens with zero attached hydrogens (tertiary/aromatic N) is 1. The van der Waals surface area contributed by atoms with Crippen LogP contribution in [0.4, 0.5) is 5.69 Å². The van der Waals surface area contributed by atoms with Crippen LogP contribution in [0, 0.1) is 10.1 Å². The van der Waals surface area contributed by atoms with Crippen LogP contribution in [0.25, 0.3) is 0 Å². The Morgan fingerprint density at radius 3 is 2.44 bits per heavy atom. The van der Waals surface area contributed by atoms with Crippen LogP contribution in [0.3, 0.4) is 0 Å². The summed E-state index contributed by atoms with van der Waals surface area (Å²) in [6.45, 7) is 1.52. The monoisotopic (exact) mass is 342 g/mol. The Kier molecular flexibility index (Phi) is 5.13. The third kappa shape index (κ3) is 4.47. The van der Waals surface area contributed by atoms with Crippen LogP contribution in [0.15, 0.2) is 42.5 Å². The van der Waals surface area contributed by atoms with E-state index in [1.807, 2.05) is 18.2 Å². The first-order valence-corrected chi connectivity index (χ1v) is 8.00. The van der Waals surface area contributed by atoms with Gasteiger partial charge in [0.1, 0.15) is 13.2 Å². The van der Waals surface area contributed by atoms with Crippen LogP contribution >= 0.6 is 0 Å². The summed E-state index contributed by atoms with van der Waals surface area (Å²) in [6.07, 6.45) is 0.877. The summed E-state index contributed by atoms with van der Waals surface area (Å²) in [5, 5.41) is 13.5. The predicted molar refractivity (Wildman–Crippen MR) is 90.9 cm³/mol. The quantitative estimate of drug-likeness (QED) is 0.642. The van der Waals surface area contributed by atoms with Gasteiger partial charge in [0, 0.05) is 18.7 Å². The fraction of sp³-hybridized carbons (Fsp3) is 0.278. The van der Waals surface area contributed by atoms with E-state index in [4.69, 9.17) is 9.47 Å². The smallest absolute Gasteiger partial charge is 0.269 e. The molecule has 3 rings (SSSR count). The molecule has 1 heterocycles. The molecule has 1 amide bonds. The van der Waals surface area contributed by atoms with Gasteiger partial charge in [0.15, 0.2) is 11.5 Å². The Morgan fingerprint density at radius 2 is 1.72 bits per heavy atom. The molecule has 1 aliphatic rings. The van der Waals surface area contributed by atoms with Gasteiger partial charge in [-0.1, -0.05) is 18.2 Å². The summed E-state index contributed by atoms with van der Waals surface area (Å²) in [5.41, 5.74) is 1.86. The standard InChI is InChI=1S/C18H18N2O5/c21-18(12-14-3-6-16-17(11-14)25-10-9-24-16)19-8-7-13-1-4-15(5-2-13)20(22)23/h1-6,11H,7-10,12H2,(H,19,21). The first kappa shape index (κ1) is 16.8. The maximum Gasteiger partial charge on any atom is 0.269 e. The number of nitro benzene ring substituents is 1. The first-order chi connectivity index (χ1) is 12.1.